The Morgan fingerprint density at radius 3 is 2.72 bits per heavy atom. The van der Waals surface area contributed by atoms with Gasteiger partial charge in [-0.1, -0.05) is 41.7 Å². The van der Waals surface area contributed by atoms with Gasteiger partial charge in [0, 0.05) is 13.7 Å². The van der Waals surface area contributed by atoms with E-state index in [0.717, 1.165) is 20.6 Å². The quantitative estimate of drug-likeness (QED) is 0.702. The molecule has 0 saturated heterocycles. The molecule has 1 amide bonds. The van der Waals surface area contributed by atoms with Crippen LogP contribution in [0.2, 0.25) is 0 Å². The number of thiazole rings is 1. The summed E-state index contributed by atoms with van der Waals surface area (Å²) in [5.41, 5.74) is 4.51. The number of nitrogens with zero attached hydrogens (tertiary/aromatic N) is 2. The fourth-order valence-electron chi connectivity index (χ4n) is 2.74. The summed E-state index contributed by atoms with van der Waals surface area (Å²) in [7, 11) is 1.68. The Kier molecular flexibility index (Phi) is 5.46. The summed E-state index contributed by atoms with van der Waals surface area (Å²) in [5.74, 6) is -0.124. The molecule has 1 aromatic heterocycles. The van der Waals surface area contributed by atoms with Crippen molar-refractivity contribution in [2.24, 2.45) is 4.99 Å². The van der Waals surface area contributed by atoms with Crippen LogP contribution in [0, 0.1) is 13.8 Å². The zero-order valence-electron chi connectivity index (χ0n) is 14.8. The Bertz CT molecular complexity index is 969. The second-order valence-corrected chi connectivity index (χ2v) is 7.11. The lowest BCUT2D eigenvalue weighted by molar-refractivity contribution is -0.117. The molecule has 3 rings (SSSR count). The lowest BCUT2D eigenvalue weighted by Gasteiger charge is -2.04. The second kappa shape index (κ2) is 7.76. The van der Waals surface area contributed by atoms with Gasteiger partial charge in [-0.3, -0.25) is 4.79 Å². The predicted molar refractivity (Wildman–Crippen MR) is 102 cm³/mol. The molecule has 4 nitrogen and oxygen atoms in total. The van der Waals surface area contributed by atoms with Gasteiger partial charge in [-0.2, -0.15) is 4.99 Å². The Labute approximate surface area is 151 Å². The molecule has 0 spiro atoms. The van der Waals surface area contributed by atoms with Gasteiger partial charge in [0.2, 0.25) is 0 Å². The largest absolute Gasteiger partial charge is 0.383 e. The Balaban J connectivity index is 1.93. The number of hydrogen-bond donors (Lipinski definition) is 0. The third-order valence-electron chi connectivity index (χ3n) is 4.25. The Morgan fingerprint density at radius 1 is 1.16 bits per heavy atom. The summed E-state index contributed by atoms with van der Waals surface area (Å²) in [6.45, 7) is 5.39. The molecule has 1 heterocycles. The van der Waals surface area contributed by atoms with Crippen molar-refractivity contribution in [1.82, 2.24) is 4.57 Å². The molecule has 3 aromatic rings. The Hall–Kier alpha value is -2.24. The number of aryl methyl sites for hydroxylation is 2. The Morgan fingerprint density at radius 2 is 1.96 bits per heavy atom. The molecule has 0 atom stereocenters. The SMILES string of the molecule is COCCn1c(=NC(=O)Cc2ccc(C)c(C)c2)sc2ccccc21. The van der Waals surface area contributed by atoms with E-state index in [9.17, 15) is 4.79 Å². The normalized spacial score (nSPS) is 12.0. The summed E-state index contributed by atoms with van der Waals surface area (Å²) >= 11 is 1.54. The number of aromatic nitrogens is 1. The van der Waals surface area contributed by atoms with Gasteiger partial charge in [-0.05, 0) is 42.7 Å². The zero-order valence-corrected chi connectivity index (χ0v) is 15.6. The van der Waals surface area contributed by atoms with Crippen LogP contribution in [-0.4, -0.2) is 24.2 Å². The molecule has 0 unspecified atom stereocenters. The number of ether oxygens (including phenoxy) is 1. The smallest absolute Gasteiger partial charge is 0.252 e. The van der Waals surface area contributed by atoms with Gasteiger partial charge < -0.3 is 9.30 Å². The topological polar surface area (TPSA) is 43.6 Å². The monoisotopic (exact) mass is 354 g/mol. The molecular weight excluding hydrogens is 332 g/mol. The van der Waals surface area contributed by atoms with E-state index in [2.05, 4.69) is 41.6 Å². The summed E-state index contributed by atoms with van der Waals surface area (Å²) in [4.78, 5) is 17.6. The zero-order chi connectivity index (χ0) is 17.8. The van der Waals surface area contributed by atoms with Crippen LogP contribution in [0.25, 0.3) is 10.2 Å². The fraction of sp³-hybridized carbons (Fsp3) is 0.300. The van der Waals surface area contributed by atoms with E-state index in [0.29, 0.717) is 19.6 Å². The van der Waals surface area contributed by atoms with E-state index >= 15 is 0 Å². The van der Waals surface area contributed by atoms with Crippen molar-refractivity contribution < 1.29 is 9.53 Å². The molecule has 0 bridgehead atoms. The highest BCUT2D eigenvalue weighted by Gasteiger charge is 2.08. The first-order valence-electron chi connectivity index (χ1n) is 8.29. The van der Waals surface area contributed by atoms with Crippen LogP contribution in [0.3, 0.4) is 0 Å². The van der Waals surface area contributed by atoms with Gasteiger partial charge in [0.25, 0.3) is 5.91 Å². The van der Waals surface area contributed by atoms with Crippen molar-refractivity contribution >= 4 is 27.5 Å². The number of carbonyl (C=O) groups excluding carboxylic acids is 1. The molecule has 0 aliphatic carbocycles. The number of hydrogen-bond acceptors (Lipinski definition) is 3. The molecule has 130 valence electrons. The molecule has 5 heteroatoms. The van der Waals surface area contributed by atoms with Crippen molar-refractivity contribution in [3.05, 3.63) is 64.0 Å². The van der Waals surface area contributed by atoms with Crippen LogP contribution in [0.4, 0.5) is 0 Å². The minimum atomic E-state index is -0.124. The maximum Gasteiger partial charge on any atom is 0.252 e. The fourth-order valence-corrected chi connectivity index (χ4v) is 3.81. The van der Waals surface area contributed by atoms with E-state index in [4.69, 9.17) is 4.74 Å². The number of rotatable bonds is 5. The van der Waals surface area contributed by atoms with Gasteiger partial charge in [0.05, 0.1) is 23.2 Å². The molecule has 0 fully saturated rings. The van der Waals surface area contributed by atoms with Crippen LogP contribution in [-0.2, 0) is 22.5 Å². The van der Waals surface area contributed by atoms with Gasteiger partial charge in [0.15, 0.2) is 4.80 Å². The van der Waals surface area contributed by atoms with Crippen molar-refractivity contribution in [1.29, 1.82) is 0 Å². The van der Waals surface area contributed by atoms with E-state index in [1.165, 1.54) is 22.5 Å². The lowest BCUT2D eigenvalue weighted by Crippen LogP contribution is -2.19. The summed E-state index contributed by atoms with van der Waals surface area (Å²) in [6.07, 6.45) is 0.319. The molecule has 0 radical (unpaired) electrons. The number of carbonyl (C=O) groups is 1. The van der Waals surface area contributed by atoms with Crippen molar-refractivity contribution in [2.45, 2.75) is 26.8 Å². The number of para-hydroxylation sites is 1. The minimum absolute atomic E-state index is 0.124. The third-order valence-corrected chi connectivity index (χ3v) is 5.31. The highest BCUT2D eigenvalue weighted by atomic mass is 32.1. The third kappa shape index (κ3) is 4.06. The molecule has 25 heavy (non-hydrogen) atoms. The van der Waals surface area contributed by atoms with Crippen LogP contribution >= 0.6 is 11.3 Å². The molecule has 0 aliphatic heterocycles. The summed E-state index contributed by atoms with van der Waals surface area (Å²) < 4.78 is 8.38. The van der Waals surface area contributed by atoms with E-state index in [1.54, 1.807) is 7.11 Å². The average Bonchev–Trinajstić information content (AvgIpc) is 2.93. The minimum Gasteiger partial charge on any atom is -0.383 e. The van der Waals surface area contributed by atoms with Gasteiger partial charge in [-0.15, -0.1) is 0 Å². The summed E-state index contributed by atoms with van der Waals surface area (Å²) in [5, 5.41) is 0. The first-order chi connectivity index (χ1) is 12.1. The van der Waals surface area contributed by atoms with Crippen molar-refractivity contribution in [2.75, 3.05) is 13.7 Å². The number of benzene rings is 2. The van der Waals surface area contributed by atoms with Crippen LogP contribution in [0.1, 0.15) is 16.7 Å². The molecule has 0 saturated carbocycles. The van der Waals surface area contributed by atoms with Crippen molar-refractivity contribution in [3.63, 3.8) is 0 Å². The maximum atomic E-state index is 12.5. The average molecular weight is 354 g/mol. The van der Waals surface area contributed by atoms with E-state index in [1.807, 2.05) is 24.3 Å². The van der Waals surface area contributed by atoms with Crippen LogP contribution in [0.15, 0.2) is 47.5 Å². The summed E-state index contributed by atoms with van der Waals surface area (Å²) in [6, 6.07) is 14.2. The highest BCUT2D eigenvalue weighted by Crippen LogP contribution is 2.17. The first-order valence-corrected chi connectivity index (χ1v) is 9.11. The number of fused-ring (bicyclic) bond motifs is 1. The van der Waals surface area contributed by atoms with Crippen molar-refractivity contribution in [3.8, 4) is 0 Å². The van der Waals surface area contributed by atoms with Crippen LogP contribution < -0.4 is 4.80 Å². The molecular formula is C20H22N2O2S. The maximum absolute atomic E-state index is 12.5. The highest BCUT2D eigenvalue weighted by molar-refractivity contribution is 7.16. The van der Waals surface area contributed by atoms with Gasteiger partial charge >= 0.3 is 0 Å². The molecule has 2 aromatic carbocycles. The first kappa shape index (κ1) is 17.6. The lowest BCUT2D eigenvalue weighted by atomic mass is 10.0. The standard InChI is InChI=1S/C20H22N2O2S/c1-14-8-9-16(12-15(14)2)13-19(23)21-20-22(10-11-24-3)17-6-4-5-7-18(17)25-20/h4-9,12H,10-11,13H2,1-3H3. The number of amides is 1. The number of methoxy groups -OCH3 is 1. The molecule has 0 aliphatic rings. The van der Waals surface area contributed by atoms with Crippen LogP contribution in [0.5, 0.6) is 0 Å². The predicted octanol–water partition coefficient (Wildman–Crippen LogP) is 3.64. The second-order valence-electron chi connectivity index (χ2n) is 6.10. The molecule has 0 N–H and O–H groups in total. The van der Waals surface area contributed by atoms with E-state index < -0.39 is 0 Å². The van der Waals surface area contributed by atoms with E-state index in [-0.39, 0.29) is 5.91 Å². The van der Waals surface area contributed by atoms with Gasteiger partial charge in [-0.25, -0.2) is 0 Å². The van der Waals surface area contributed by atoms with Gasteiger partial charge in [0.1, 0.15) is 0 Å².